The van der Waals surface area contributed by atoms with Gasteiger partial charge in [0.25, 0.3) is 0 Å². The van der Waals surface area contributed by atoms with E-state index in [0.717, 1.165) is 22.6 Å². The summed E-state index contributed by atoms with van der Waals surface area (Å²) in [6, 6.07) is 20.7. The van der Waals surface area contributed by atoms with Crippen molar-refractivity contribution in [2.24, 2.45) is 0 Å². The number of aromatic amines is 1. The topological polar surface area (TPSA) is 49.9 Å². The van der Waals surface area contributed by atoms with E-state index in [1.807, 2.05) is 31.5 Å². The third-order valence-electron chi connectivity index (χ3n) is 4.75. The molecule has 0 bridgehead atoms. The van der Waals surface area contributed by atoms with Crippen LogP contribution >= 0.6 is 0 Å². The summed E-state index contributed by atoms with van der Waals surface area (Å²) in [5.41, 5.74) is 5.79. The first-order valence-corrected chi connectivity index (χ1v) is 9.23. The number of benzene rings is 2. The molecular weight excluding hydrogens is 334 g/mol. The summed E-state index contributed by atoms with van der Waals surface area (Å²) in [5.74, 6) is 0.881. The van der Waals surface area contributed by atoms with E-state index in [-0.39, 0.29) is 6.04 Å². The second kappa shape index (κ2) is 7.54. The van der Waals surface area contributed by atoms with Gasteiger partial charge < -0.3 is 15.0 Å². The zero-order valence-electron chi connectivity index (χ0n) is 15.6. The molecule has 0 unspecified atom stereocenters. The Hall–Kier alpha value is -3.27. The smallest absolute Gasteiger partial charge is 0.119 e. The molecule has 4 aromatic rings. The fourth-order valence-corrected chi connectivity index (χ4v) is 3.53. The van der Waals surface area contributed by atoms with Crippen LogP contribution < -0.4 is 10.1 Å². The van der Waals surface area contributed by atoms with Gasteiger partial charge in [-0.25, -0.2) is 0 Å². The molecule has 0 aliphatic rings. The highest BCUT2D eigenvalue weighted by Gasteiger charge is 2.20. The van der Waals surface area contributed by atoms with Gasteiger partial charge in [0.2, 0.25) is 0 Å². The van der Waals surface area contributed by atoms with Crippen LogP contribution in [0, 0.1) is 6.92 Å². The fraction of sp³-hybridized carbons (Fsp3) is 0.174. The third kappa shape index (κ3) is 3.51. The Morgan fingerprint density at radius 3 is 2.48 bits per heavy atom. The van der Waals surface area contributed by atoms with Crippen molar-refractivity contribution in [2.45, 2.75) is 19.9 Å². The van der Waals surface area contributed by atoms with Gasteiger partial charge in [0, 0.05) is 40.2 Å². The minimum absolute atomic E-state index is 0.0158. The molecule has 0 fully saturated rings. The molecule has 27 heavy (non-hydrogen) atoms. The number of ether oxygens (including phenoxy) is 1. The molecule has 0 saturated heterocycles. The summed E-state index contributed by atoms with van der Waals surface area (Å²) < 4.78 is 5.56. The Labute approximate surface area is 159 Å². The molecule has 0 aliphatic heterocycles. The Balaban J connectivity index is 1.77. The second-order valence-electron chi connectivity index (χ2n) is 6.52. The van der Waals surface area contributed by atoms with Gasteiger partial charge in [-0.1, -0.05) is 18.2 Å². The number of para-hydroxylation sites is 1. The largest absolute Gasteiger partial charge is 0.494 e. The number of rotatable bonds is 6. The maximum Gasteiger partial charge on any atom is 0.119 e. The maximum atomic E-state index is 5.56. The van der Waals surface area contributed by atoms with Crippen LogP contribution in [0.25, 0.3) is 10.9 Å². The fourth-order valence-electron chi connectivity index (χ4n) is 3.53. The minimum atomic E-state index is 0.0158. The molecule has 2 aromatic carbocycles. The Morgan fingerprint density at radius 1 is 1.00 bits per heavy atom. The number of anilines is 1. The molecule has 0 saturated carbocycles. The monoisotopic (exact) mass is 357 g/mol. The molecule has 2 aromatic heterocycles. The predicted molar refractivity (Wildman–Crippen MR) is 110 cm³/mol. The number of hydrogen-bond acceptors (Lipinski definition) is 3. The van der Waals surface area contributed by atoms with Crippen molar-refractivity contribution in [2.75, 3.05) is 11.9 Å². The van der Waals surface area contributed by atoms with Gasteiger partial charge in [-0.2, -0.15) is 0 Å². The summed E-state index contributed by atoms with van der Waals surface area (Å²) in [7, 11) is 0. The average molecular weight is 357 g/mol. The van der Waals surface area contributed by atoms with Crippen molar-refractivity contribution in [1.29, 1.82) is 0 Å². The van der Waals surface area contributed by atoms with Crippen LogP contribution in [0.1, 0.15) is 29.8 Å². The van der Waals surface area contributed by atoms with Crippen molar-refractivity contribution in [3.63, 3.8) is 0 Å². The number of hydrogen-bond donors (Lipinski definition) is 2. The number of fused-ring (bicyclic) bond motifs is 1. The normalized spacial score (nSPS) is 12.1. The molecule has 4 heteroatoms. The standard InChI is InChI=1S/C23H23N3O/c1-3-27-19-10-8-18(9-11-19)26-23(17-12-14-24-15-13-17)22-16(2)25-21-7-5-4-6-20(21)22/h4-15,23,25-26H,3H2,1-2H3/t23-/m0/s1. The van der Waals surface area contributed by atoms with Gasteiger partial charge in [0.15, 0.2) is 0 Å². The van der Waals surface area contributed by atoms with Crippen LogP contribution in [0.15, 0.2) is 73.1 Å². The SMILES string of the molecule is CCOc1ccc(N[C@@H](c2ccncc2)c2c(C)[nH]c3ccccc23)cc1. The number of pyridine rings is 1. The summed E-state index contributed by atoms with van der Waals surface area (Å²) >= 11 is 0. The summed E-state index contributed by atoms with van der Waals surface area (Å²) in [5, 5.41) is 4.93. The maximum absolute atomic E-state index is 5.56. The van der Waals surface area contributed by atoms with Crippen LogP contribution in [-0.2, 0) is 0 Å². The Bertz CT molecular complexity index is 1020. The molecule has 0 aliphatic carbocycles. The van der Waals surface area contributed by atoms with Crippen molar-refractivity contribution in [1.82, 2.24) is 9.97 Å². The van der Waals surface area contributed by atoms with Crippen LogP contribution in [-0.4, -0.2) is 16.6 Å². The zero-order chi connectivity index (χ0) is 18.6. The molecule has 4 nitrogen and oxygen atoms in total. The van der Waals surface area contributed by atoms with E-state index in [9.17, 15) is 0 Å². The quantitative estimate of drug-likeness (QED) is 0.481. The molecular formula is C23H23N3O. The van der Waals surface area contributed by atoms with Gasteiger partial charge >= 0.3 is 0 Å². The Kier molecular flexibility index (Phi) is 4.79. The van der Waals surface area contributed by atoms with E-state index in [0.29, 0.717) is 6.61 Å². The lowest BCUT2D eigenvalue weighted by molar-refractivity contribution is 0.340. The molecule has 0 amide bonds. The van der Waals surface area contributed by atoms with E-state index in [2.05, 4.69) is 70.7 Å². The van der Waals surface area contributed by atoms with E-state index < -0.39 is 0 Å². The predicted octanol–water partition coefficient (Wildman–Crippen LogP) is 5.47. The summed E-state index contributed by atoms with van der Waals surface area (Å²) in [4.78, 5) is 7.69. The van der Waals surface area contributed by atoms with Crippen LogP contribution in [0.2, 0.25) is 0 Å². The lowest BCUT2D eigenvalue weighted by Crippen LogP contribution is -2.13. The van der Waals surface area contributed by atoms with Gasteiger partial charge in [-0.3, -0.25) is 4.98 Å². The number of nitrogens with one attached hydrogen (secondary N) is 2. The van der Waals surface area contributed by atoms with E-state index in [1.54, 1.807) is 0 Å². The number of aryl methyl sites for hydroxylation is 1. The Morgan fingerprint density at radius 2 is 1.74 bits per heavy atom. The third-order valence-corrected chi connectivity index (χ3v) is 4.75. The van der Waals surface area contributed by atoms with Crippen molar-refractivity contribution >= 4 is 16.6 Å². The van der Waals surface area contributed by atoms with Gasteiger partial charge in [0.1, 0.15) is 5.75 Å². The van der Waals surface area contributed by atoms with Gasteiger partial charge in [-0.05, 0) is 61.9 Å². The summed E-state index contributed by atoms with van der Waals surface area (Å²) in [6.07, 6.45) is 3.68. The average Bonchev–Trinajstić information content (AvgIpc) is 3.04. The van der Waals surface area contributed by atoms with E-state index in [4.69, 9.17) is 4.74 Å². The van der Waals surface area contributed by atoms with Crippen LogP contribution in [0.5, 0.6) is 5.75 Å². The summed E-state index contributed by atoms with van der Waals surface area (Å²) in [6.45, 7) is 4.79. The molecule has 2 heterocycles. The molecule has 0 radical (unpaired) electrons. The molecule has 4 rings (SSSR count). The zero-order valence-corrected chi connectivity index (χ0v) is 15.6. The highest BCUT2D eigenvalue weighted by atomic mass is 16.5. The highest BCUT2D eigenvalue weighted by Crippen LogP contribution is 2.34. The number of nitrogens with zero attached hydrogens (tertiary/aromatic N) is 1. The highest BCUT2D eigenvalue weighted by molar-refractivity contribution is 5.86. The first-order chi connectivity index (χ1) is 13.3. The van der Waals surface area contributed by atoms with Gasteiger partial charge in [-0.15, -0.1) is 0 Å². The molecule has 2 N–H and O–H groups in total. The van der Waals surface area contributed by atoms with Crippen molar-refractivity contribution < 1.29 is 4.74 Å². The van der Waals surface area contributed by atoms with Crippen LogP contribution in [0.4, 0.5) is 5.69 Å². The van der Waals surface area contributed by atoms with Crippen LogP contribution in [0.3, 0.4) is 0 Å². The number of H-pyrrole nitrogens is 1. The second-order valence-corrected chi connectivity index (χ2v) is 6.52. The first kappa shape index (κ1) is 17.2. The van der Waals surface area contributed by atoms with Crippen molar-refractivity contribution in [3.8, 4) is 5.75 Å². The van der Waals surface area contributed by atoms with E-state index >= 15 is 0 Å². The molecule has 1 atom stereocenters. The number of aromatic nitrogens is 2. The lowest BCUT2D eigenvalue weighted by atomic mass is 9.96. The molecule has 0 spiro atoms. The minimum Gasteiger partial charge on any atom is -0.494 e. The lowest BCUT2D eigenvalue weighted by Gasteiger charge is -2.21. The van der Waals surface area contributed by atoms with E-state index in [1.165, 1.54) is 16.5 Å². The van der Waals surface area contributed by atoms with Crippen molar-refractivity contribution in [3.05, 3.63) is 89.9 Å². The molecule has 136 valence electrons. The first-order valence-electron chi connectivity index (χ1n) is 9.23. The van der Waals surface area contributed by atoms with Gasteiger partial charge in [0.05, 0.1) is 12.6 Å².